The zero-order chi connectivity index (χ0) is 15.3. The number of oxime groups is 1. The highest BCUT2D eigenvalue weighted by atomic mass is 35.5. The van der Waals surface area contributed by atoms with E-state index in [2.05, 4.69) is 9.99 Å². The average molecular weight is 326 g/mol. The molecule has 0 fully saturated rings. The van der Waals surface area contributed by atoms with Crippen LogP contribution < -0.4 is 0 Å². The van der Waals surface area contributed by atoms with Crippen molar-refractivity contribution in [2.24, 2.45) is 5.16 Å². The SMILES string of the molecule is CC(=O)O/N=C/C=C(/c1cc(Cl)cc(Cl)c1)C(F)(F)F. The fourth-order valence-corrected chi connectivity index (χ4v) is 1.80. The Balaban J connectivity index is 3.16. The summed E-state index contributed by atoms with van der Waals surface area (Å²) in [5, 5.41) is 3.22. The summed E-state index contributed by atoms with van der Waals surface area (Å²) in [5.41, 5.74) is -1.23. The molecule has 20 heavy (non-hydrogen) atoms. The van der Waals surface area contributed by atoms with Crippen LogP contribution in [-0.2, 0) is 9.63 Å². The predicted octanol–water partition coefficient (Wildman–Crippen LogP) is 4.49. The summed E-state index contributed by atoms with van der Waals surface area (Å²) < 4.78 is 38.8. The molecule has 0 aliphatic carbocycles. The molecule has 0 aromatic heterocycles. The summed E-state index contributed by atoms with van der Waals surface area (Å²) in [4.78, 5) is 14.6. The Hall–Kier alpha value is -1.53. The van der Waals surface area contributed by atoms with E-state index in [1.54, 1.807) is 0 Å². The maximum Gasteiger partial charge on any atom is 0.417 e. The lowest BCUT2D eigenvalue weighted by Gasteiger charge is -2.12. The van der Waals surface area contributed by atoms with E-state index in [0.29, 0.717) is 6.08 Å². The van der Waals surface area contributed by atoms with Gasteiger partial charge in [0, 0.05) is 17.0 Å². The number of hydrogen-bond donors (Lipinski definition) is 0. The molecule has 0 bridgehead atoms. The van der Waals surface area contributed by atoms with Gasteiger partial charge in [-0.15, -0.1) is 0 Å². The molecule has 0 aliphatic rings. The first-order valence-electron chi connectivity index (χ1n) is 5.15. The number of hydrogen-bond acceptors (Lipinski definition) is 3. The average Bonchev–Trinajstić information content (AvgIpc) is 2.24. The van der Waals surface area contributed by atoms with Crippen molar-refractivity contribution in [3.8, 4) is 0 Å². The molecule has 3 nitrogen and oxygen atoms in total. The van der Waals surface area contributed by atoms with Gasteiger partial charge in [-0.25, -0.2) is 4.79 Å². The van der Waals surface area contributed by atoms with Gasteiger partial charge in [0.25, 0.3) is 0 Å². The van der Waals surface area contributed by atoms with Crippen LogP contribution in [0, 0.1) is 0 Å². The smallest absolute Gasteiger partial charge is 0.319 e. The summed E-state index contributed by atoms with van der Waals surface area (Å²) in [6.45, 7) is 1.07. The van der Waals surface area contributed by atoms with Crippen molar-refractivity contribution in [2.45, 2.75) is 13.1 Å². The lowest BCUT2D eigenvalue weighted by atomic mass is 10.1. The van der Waals surface area contributed by atoms with Crippen LogP contribution in [0.5, 0.6) is 0 Å². The Labute approximate surface area is 122 Å². The minimum absolute atomic E-state index is 0.0691. The van der Waals surface area contributed by atoms with Crippen LogP contribution in [0.15, 0.2) is 29.4 Å². The van der Waals surface area contributed by atoms with Crippen molar-refractivity contribution in [1.82, 2.24) is 0 Å². The highest BCUT2D eigenvalue weighted by Crippen LogP contribution is 2.35. The molecule has 108 valence electrons. The molecule has 1 rings (SSSR count). The van der Waals surface area contributed by atoms with Crippen molar-refractivity contribution >= 4 is 41.0 Å². The molecule has 0 N–H and O–H groups in total. The minimum Gasteiger partial charge on any atom is -0.319 e. The van der Waals surface area contributed by atoms with Crippen LogP contribution in [0.2, 0.25) is 10.0 Å². The van der Waals surface area contributed by atoms with Crippen LogP contribution in [-0.4, -0.2) is 18.4 Å². The van der Waals surface area contributed by atoms with E-state index in [-0.39, 0.29) is 15.6 Å². The number of allylic oxidation sites excluding steroid dienone is 2. The van der Waals surface area contributed by atoms with Crippen LogP contribution in [0.1, 0.15) is 12.5 Å². The molecule has 0 atom stereocenters. The first-order valence-corrected chi connectivity index (χ1v) is 5.90. The highest BCUT2D eigenvalue weighted by Gasteiger charge is 2.34. The summed E-state index contributed by atoms with van der Waals surface area (Å²) >= 11 is 11.3. The van der Waals surface area contributed by atoms with Crippen LogP contribution in [0.4, 0.5) is 13.2 Å². The number of halogens is 5. The molecular formula is C12H8Cl2F3NO2. The minimum atomic E-state index is -4.64. The van der Waals surface area contributed by atoms with Gasteiger partial charge in [-0.2, -0.15) is 13.2 Å². The number of nitrogens with zero attached hydrogens (tertiary/aromatic N) is 1. The molecular weight excluding hydrogens is 318 g/mol. The van der Waals surface area contributed by atoms with Gasteiger partial charge in [-0.1, -0.05) is 28.4 Å². The van der Waals surface area contributed by atoms with Crippen molar-refractivity contribution < 1.29 is 22.8 Å². The molecule has 0 saturated heterocycles. The van der Waals surface area contributed by atoms with Crippen molar-refractivity contribution in [2.75, 3.05) is 0 Å². The Morgan fingerprint density at radius 1 is 1.25 bits per heavy atom. The monoisotopic (exact) mass is 325 g/mol. The van der Waals surface area contributed by atoms with Crippen molar-refractivity contribution in [1.29, 1.82) is 0 Å². The second-order valence-electron chi connectivity index (χ2n) is 3.57. The fraction of sp³-hybridized carbons (Fsp3) is 0.167. The maximum absolute atomic E-state index is 12.9. The van der Waals surface area contributed by atoms with Crippen molar-refractivity contribution in [3.05, 3.63) is 39.9 Å². The second-order valence-corrected chi connectivity index (χ2v) is 4.45. The first-order chi connectivity index (χ1) is 9.20. The molecule has 8 heteroatoms. The van der Waals surface area contributed by atoms with Gasteiger partial charge in [0.1, 0.15) is 0 Å². The summed E-state index contributed by atoms with van der Waals surface area (Å²) in [5.74, 6) is -0.742. The number of carbonyl (C=O) groups excluding carboxylic acids is 1. The van der Waals surface area contributed by atoms with Gasteiger partial charge in [-0.3, -0.25) is 0 Å². The molecule has 0 spiro atoms. The lowest BCUT2D eigenvalue weighted by Crippen LogP contribution is -2.11. The fourth-order valence-electron chi connectivity index (χ4n) is 1.27. The Morgan fingerprint density at radius 2 is 1.80 bits per heavy atom. The van der Waals surface area contributed by atoms with Gasteiger partial charge < -0.3 is 4.84 Å². The van der Waals surface area contributed by atoms with Crippen LogP contribution in [0.3, 0.4) is 0 Å². The predicted molar refractivity (Wildman–Crippen MR) is 70.8 cm³/mol. The number of benzene rings is 1. The van der Waals surface area contributed by atoms with Gasteiger partial charge in [0.15, 0.2) is 0 Å². The molecule has 0 saturated carbocycles. The Morgan fingerprint density at radius 3 is 2.25 bits per heavy atom. The Kier molecular flexibility index (Phi) is 5.59. The number of rotatable bonds is 3. The van der Waals surface area contributed by atoms with Crippen molar-refractivity contribution in [3.63, 3.8) is 0 Å². The topological polar surface area (TPSA) is 38.7 Å². The van der Waals surface area contributed by atoms with Crippen LogP contribution >= 0.6 is 23.2 Å². The normalized spacial score (nSPS) is 12.8. The molecule has 0 aliphatic heterocycles. The number of carbonyl (C=O) groups is 1. The molecule has 0 heterocycles. The standard InChI is InChI=1S/C12H8Cl2F3NO2/c1-7(19)20-18-3-2-11(12(15,16)17)8-4-9(13)6-10(14)5-8/h2-6H,1H3/b11-2-,18-3+. The summed E-state index contributed by atoms with van der Waals surface area (Å²) in [6, 6.07) is 3.55. The largest absolute Gasteiger partial charge is 0.417 e. The number of alkyl halides is 3. The zero-order valence-corrected chi connectivity index (χ0v) is 11.6. The molecule has 0 unspecified atom stereocenters. The Bertz CT molecular complexity index is 548. The second kappa shape index (κ2) is 6.76. The van der Waals surface area contributed by atoms with Gasteiger partial charge >= 0.3 is 12.1 Å². The zero-order valence-electron chi connectivity index (χ0n) is 10.0. The molecule has 1 aromatic rings. The lowest BCUT2D eigenvalue weighted by molar-refractivity contribution is -0.140. The summed E-state index contributed by atoms with van der Waals surface area (Å²) in [7, 11) is 0. The van der Waals surface area contributed by atoms with E-state index in [9.17, 15) is 18.0 Å². The van der Waals surface area contributed by atoms with Gasteiger partial charge in [0.05, 0.1) is 11.8 Å². The third kappa shape index (κ3) is 5.22. The van der Waals surface area contributed by atoms with E-state index in [0.717, 1.165) is 25.3 Å². The summed E-state index contributed by atoms with van der Waals surface area (Å²) in [6.07, 6.45) is -3.26. The third-order valence-electron chi connectivity index (χ3n) is 1.96. The van der Waals surface area contributed by atoms with E-state index in [1.165, 1.54) is 6.07 Å². The third-order valence-corrected chi connectivity index (χ3v) is 2.40. The van der Waals surface area contributed by atoms with E-state index >= 15 is 0 Å². The van der Waals surface area contributed by atoms with Crippen LogP contribution in [0.25, 0.3) is 5.57 Å². The quantitative estimate of drug-likeness (QED) is 0.466. The van der Waals surface area contributed by atoms with E-state index in [4.69, 9.17) is 23.2 Å². The maximum atomic E-state index is 12.9. The molecule has 1 aromatic carbocycles. The molecule has 0 amide bonds. The van der Waals surface area contributed by atoms with Gasteiger partial charge in [-0.05, 0) is 29.8 Å². The van der Waals surface area contributed by atoms with Gasteiger partial charge in [0.2, 0.25) is 0 Å². The first kappa shape index (κ1) is 16.5. The van der Waals surface area contributed by atoms with E-state index in [1.807, 2.05) is 0 Å². The molecule has 0 radical (unpaired) electrons. The van der Waals surface area contributed by atoms with E-state index < -0.39 is 17.7 Å². The highest BCUT2D eigenvalue weighted by molar-refractivity contribution is 6.34.